The molecule has 0 bridgehead atoms. The lowest BCUT2D eigenvalue weighted by atomic mass is 10.2. The Morgan fingerprint density at radius 3 is 2.93 bits per heavy atom. The summed E-state index contributed by atoms with van der Waals surface area (Å²) in [4.78, 5) is 15.5. The quantitative estimate of drug-likeness (QED) is 0.661. The maximum absolute atomic E-state index is 11.4. The molecular formula is C11H15BrN2O. The number of nitrogens with one attached hydrogen (secondary N) is 1. The Balaban J connectivity index is 2.37. The van der Waals surface area contributed by atoms with E-state index in [1.165, 1.54) is 0 Å². The third-order valence-electron chi connectivity index (χ3n) is 1.95. The number of halogens is 1. The molecule has 0 atom stereocenters. The molecule has 82 valence electrons. The van der Waals surface area contributed by atoms with Crippen LogP contribution in [0.1, 0.15) is 24.8 Å². The highest BCUT2D eigenvalue weighted by Crippen LogP contribution is 2.08. The van der Waals surface area contributed by atoms with Gasteiger partial charge in [-0.1, -0.05) is 15.9 Å². The molecule has 0 saturated heterocycles. The number of carbonyl (C=O) groups is 1. The molecule has 1 heterocycles. The first-order chi connectivity index (χ1) is 7.22. The summed E-state index contributed by atoms with van der Waals surface area (Å²) in [6.45, 7) is 1.95. The minimum absolute atomic E-state index is 0.0587. The highest BCUT2D eigenvalue weighted by molar-refractivity contribution is 9.09. The van der Waals surface area contributed by atoms with Crippen molar-refractivity contribution in [2.45, 2.75) is 26.2 Å². The summed E-state index contributed by atoms with van der Waals surface area (Å²) in [5, 5.41) is 3.78. The molecule has 1 aromatic heterocycles. The first-order valence-corrected chi connectivity index (χ1v) is 6.12. The van der Waals surface area contributed by atoms with Gasteiger partial charge in [0.1, 0.15) is 0 Å². The van der Waals surface area contributed by atoms with Crippen LogP contribution >= 0.6 is 15.9 Å². The zero-order valence-electron chi connectivity index (χ0n) is 8.79. The molecular weight excluding hydrogens is 256 g/mol. The van der Waals surface area contributed by atoms with Crippen LogP contribution in [0.15, 0.2) is 18.5 Å². The molecule has 0 aliphatic rings. The minimum atomic E-state index is 0.0587. The van der Waals surface area contributed by atoms with Gasteiger partial charge < -0.3 is 5.32 Å². The number of rotatable bonds is 5. The predicted octanol–water partition coefficient (Wildman–Crippen LogP) is 2.89. The van der Waals surface area contributed by atoms with Crippen molar-refractivity contribution < 1.29 is 4.79 Å². The number of carbonyl (C=O) groups excluding carboxylic acids is 1. The number of nitrogens with zero attached hydrogens (tertiary/aromatic N) is 1. The van der Waals surface area contributed by atoms with Crippen LogP contribution in [-0.4, -0.2) is 16.2 Å². The fourth-order valence-electron chi connectivity index (χ4n) is 1.23. The topological polar surface area (TPSA) is 42.0 Å². The number of unbranched alkanes of at least 4 members (excludes halogenated alkanes) is 1. The Morgan fingerprint density at radius 2 is 2.27 bits per heavy atom. The minimum Gasteiger partial charge on any atom is -0.325 e. The van der Waals surface area contributed by atoms with Gasteiger partial charge in [-0.2, -0.15) is 0 Å². The fraction of sp³-hybridized carbons (Fsp3) is 0.455. The molecule has 1 amide bonds. The molecule has 0 aromatic carbocycles. The van der Waals surface area contributed by atoms with Crippen LogP contribution in [0.2, 0.25) is 0 Å². The van der Waals surface area contributed by atoms with Crippen LogP contribution in [-0.2, 0) is 4.79 Å². The van der Waals surface area contributed by atoms with Crippen LogP contribution < -0.4 is 5.32 Å². The summed E-state index contributed by atoms with van der Waals surface area (Å²) >= 11 is 3.33. The van der Waals surface area contributed by atoms with E-state index in [0.29, 0.717) is 6.42 Å². The largest absolute Gasteiger partial charge is 0.325 e. The Bertz CT molecular complexity index is 328. The van der Waals surface area contributed by atoms with Gasteiger partial charge in [0, 0.05) is 17.9 Å². The van der Waals surface area contributed by atoms with E-state index in [1.54, 1.807) is 12.4 Å². The Hall–Kier alpha value is -0.900. The number of anilines is 1. The molecule has 1 N–H and O–H groups in total. The zero-order valence-corrected chi connectivity index (χ0v) is 10.4. The van der Waals surface area contributed by atoms with E-state index in [-0.39, 0.29) is 5.91 Å². The third-order valence-corrected chi connectivity index (χ3v) is 2.51. The Labute approximate surface area is 98.4 Å². The smallest absolute Gasteiger partial charge is 0.224 e. The third kappa shape index (κ3) is 4.93. The lowest BCUT2D eigenvalue weighted by molar-refractivity contribution is -0.116. The van der Waals surface area contributed by atoms with E-state index in [4.69, 9.17) is 0 Å². The lowest BCUT2D eigenvalue weighted by Crippen LogP contribution is -2.11. The molecule has 0 fully saturated rings. The van der Waals surface area contributed by atoms with Crippen molar-refractivity contribution in [2.75, 3.05) is 10.6 Å². The van der Waals surface area contributed by atoms with Gasteiger partial charge in [-0.15, -0.1) is 0 Å². The van der Waals surface area contributed by atoms with Gasteiger partial charge in [0.2, 0.25) is 5.91 Å². The molecule has 1 rings (SSSR count). The summed E-state index contributed by atoms with van der Waals surface area (Å²) < 4.78 is 0. The van der Waals surface area contributed by atoms with Crippen molar-refractivity contribution in [1.82, 2.24) is 4.98 Å². The van der Waals surface area contributed by atoms with Crippen LogP contribution in [0, 0.1) is 6.92 Å². The zero-order chi connectivity index (χ0) is 11.1. The first kappa shape index (κ1) is 12.2. The van der Waals surface area contributed by atoms with Gasteiger partial charge in [0.25, 0.3) is 0 Å². The van der Waals surface area contributed by atoms with Gasteiger partial charge >= 0.3 is 0 Å². The molecule has 4 heteroatoms. The van der Waals surface area contributed by atoms with Crippen molar-refractivity contribution in [3.63, 3.8) is 0 Å². The highest BCUT2D eigenvalue weighted by atomic mass is 79.9. The number of hydrogen-bond acceptors (Lipinski definition) is 2. The van der Waals surface area contributed by atoms with E-state index >= 15 is 0 Å². The molecule has 15 heavy (non-hydrogen) atoms. The molecule has 0 aliphatic carbocycles. The average molecular weight is 271 g/mol. The van der Waals surface area contributed by atoms with Gasteiger partial charge in [-0.05, 0) is 31.4 Å². The van der Waals surface area contributed by atoms with Crippen LogP contribution in [0.5, 0.6) is 0 Å². The number of hydrogen-bond donors (Lipinski definition) is 1. The molecule has 1 aromatic rings. The fourth-order valence-corrected chi connectivity index (χ4v) is 1.62. The normalized spacial score (nSPS) is 10.0. The monoisotopic (exact) mass is 270 g/mol. The van der Waals surface area contributed by atoms with E-state index in [0.717, 1.165) is 29.4 Å². The summed E-state index contributed by atoms with van der Waals surface area (Å²) in [6, 6.07) is 1.91. The summed E-state index contributed by atoms with van der Waals surface area (Å²) in [5.41, 5.74) is 1.83. The van der Waals surface area contributed by atoms with Crippen molar-refractivity contribution in [3.8, 4) is 0 Å². The molecule has 0 spiro atoms. The second-order valence-corrected chi connectivity index (χ2v) is 4.24. The van der Waals surface area contributed by atoms with Crippen LogP contribution in [0.3, 0.4) is 0 Å². The van der Waals surface area contributed by atoms with Gasteiger partial charge in [0.15, 0.2) is 0 Å². The van der Waals surface area contributed by atoms with Crippen LogP contribution in [0.25, 0.3) is 0 Å². The van der Waals surface area contributed by atoms with Crippen LogP contribution in [0.4, 0.5) is 5.69 Å². The Kier molecular flexibility index (Phi) is 5.32. The van der Waals surface area contributed by atoms with Crippen molar-refractivity contribution in [1.29, 1.82) is 0 Å². The Morgan fingerprint density at radius 1 is 1.47 bits per heavy atom. The van der Waals surface area contributed by atoms with E-state index in [9.17, 15) is 4.79 Å². The van der Waals surface area contributed by atoms with Crippen molar-refractivity contribution >= 4 is 27.5 Å². The molecule has 3 nitrogen and oxygen atoms in total. The lowest BCUT2D eigenvalue weighted by Gasteiger charge is -2.04. The van der Waals surface area contributed by atoms with E-state index in [2.05, 4.69) is 26.2 Å². The molecule has 0 aliphatic heterocycles. The summed E-state index contributed by atoms with van der Waals surface area (Å²) in [7, 11) is 0. The van der Waals surface area contributed by atoms with Gasteiger partial charge in [0.05, 0.1) is 11.9 Å². The maximum atomic E-state index is 11.4. The number of alkyl halides is 1. The number of amides is 1. The molecule has 0 radical (unpaired) electrons. The maximum Gasteiger partial charge on any atom is 0.224 e. The second kappa shape index (κ2) is 6.56. The summed E-state index contributed by atoms with van der Waals surface area (Å²) in [6.07, 6.45) is 5.94. The predicted molar refractivity (Wildman–Crippen MR) is 65.2 cm³/mol. The molecule has 0 unspecified atom stereocenters. The number of aryl methyl sites for hydroxylation is 1. The first-order valence-electron chi connectivity index (χ1n) is 5.00. The molecule has 0 saturated carbocycles. The van der Waals surface area contributed by atoms with Gasteiger partial charge in [-0.25, -0.2) is 0 Å². The number of aromatic nitrogens is 1. The van der Waals surface area contributed by atoms with Crippen molar-refractivity contribution in [2.24, 2.45) is 0 Å². The average Bonchev–Trinajstić information content (AvgIpc) is 2.18. The second-order valence-electron chi connectivity index (χ2n) is 3.45. The SMILES string of the molecule is Cc1cncc(NC(=O)CCCCBr)c1. The number of pyridine rings is 1. The van der Waals surface area contributed by atoms with E-state index in [1.807, 2.05) is 13.0 Å². The standard InChI is InChI=1S/C11H15BrN2O/c1-9-6-10(8-13-7-9)14-11(15)4-2-3-5-12/h6-8H,2-5H2,1H3,(H,14,15). The van der Waals surface area contributed by atoms with Crippen molar-refractivity contribution in [3.05, 3.63) is 24.0 Å². The highest BCUT2D eigenvalue weighted by Gasteiger charge is 2.01. The van der Waals surface area contributed by atoms with Gasteiger partial charge in [-0.3, -0.25) is 9.78 Å². The van der Waals surface area contributed by atoms with E-state index < -0.39 is 0 Å². The summed E-state index contributed by atoms with van der Waals surface area (Å²) in [5.74, 6) is 0.0587.